The molecule has 0 aliphatic carbocycles. The van der Waals surface area contributed by atoms with E-state index in [0.717, 1.165) is 11.8 Å². The number of rotatable bonds is 4. The summed E-state index contributed by atoms with van der Waals surface area (Å²) in [5, 5.41) is 9.45. The molecule has 0 saturated heterocycles. The predicted octanol–water partition coefficient (Wildman–Crippen LogP) is 1.00. The van der Waals surface area contributed by atoms with Gasteiger partial charge in [-0.25, -0.2) is 4.99 Å². The second-order valence-corrected chi connectivity index (χ2v) is 5.44. The second kappa shape index (κ2) is 6.40. The normalized spacial score (nSPS) is 17.9. The molecule has 0 saturated carbocycles. The third kappa shape index (κ3) is 3.82. The van der Waals surface area contributed by atoms with E-state index in [-0.39, 0.29) is 23.2 Å². The highest BCUT2D eigenvalue weighted by Gasteiger charge is 2.30. The van der Waals surface area contributed by atoms with Crippen molar-refractivity contribution in [1.29, 1.82) is 5.41 Å². The number of carbonyl (C=O) groups excluding carboxylic acids is 2. The van der Waals surface area contributed by atoms with Crippen LogP contribution in [0.2, 0.25) is 0 Å². The Hall–Kier alpha value is -2.35. The average molecular weight is 306 g/mol. The number of ether oxygens (including phenoxy) is 1. The lowest BCUT2D eigenvalue weighted by atomic mass is 10.2. The highest BCUT2D eigenvalue weighted by Crippen LogP contribution is 2.24. The third-order valence-electron chi connectivity index (χ3n) is 2.72. The molecular formula is C13H14N4O3S. The van der Waals surface area contributed by atoms with Crippen molar-refractivity contribution in [2.24, 2.45) is 10.7 Å². The van der Waals surface area contributed by atoms with Crippen molar-refractivity contribution in [2.45, 2.75) is 11.7 Å². The van der Waals surface area contributed by atoms with Crippen molar-refractivity contribution < 1.29 is 14.3 Å². The highest BCUT2D eigenvalue weighted by atomic mass is 32.2. The standard InChI is InChI=1S/C13H14N4O3S/c1-20-8-4-2-7(3-5-8)16-12(19)9-6-10(18)17-13(21-9)11(14)15/h2-5,9H,6H2,1H3,(H3,14,15)(H,16,19)/t9-/m0/s1. The van der Waals surface area contributed by atoms with E-state index in [4.69, 9.17) is 15.9 Å². The Morgan fingerprint density at radius 2 is 2.14 bits per heavy atom. The second-order valence-electron chi connectivity index (χ2n) is 4.25. The van der Waals surface area contributed by atoms with Gasteiger partial charge in [-0.2, -0.15) is 0 Å². The summed E-state index contributed by atoms with van der Waals surface area (Å²) in [5.74, 6) is -0.405. The molecule has 1 aliphatic heterocycles. The third-order valence-corrected chi connectivity index (χ3v) is 3.92. The van der Waals surface area contributed by atoms with Gasteiger partial charge in [-0.05, 0) is 24.3 Å². The number of benzene rings is 1. The molecule has 110 valence electrons. The summed E-state index contributed by atoms with van der Waals surface area (Å²) < 4.78 is 5.03. The zero-order valence-corrected chi connectivity index (χ0v) is 12.1. The van der Waals surface area contributed by atoms with Crippen LogP contribution in [0.15, 0.2) is 29.3 Å². The van der Waals surface area contributed by atoms with Crippen LogP contribution in [0.5, 0.6) is 5.75 Å². The number of anilines is 1. The van der Waals surface area contributed by atoms with Gasteiger partial charge in [-0.1, -0.05) is 11.8 Å². The molecular weight excluding hydrogens is 292 g/mol. The minimum Gasteiger partial charge on any atom is -0.497 e. The molecule has 1 atom stereocenters. The monoisotopic (exact) mass is 306 g/mol. The van der Waals surface area contributed by atoms with E-state index in [9.17, 15) is 9.59 Å². The van der Waals surface area contributed by atoms with E-state index in [0.29, 0.717) is 11.4 Å². The number of amidine groups is 1. The Kier molecular flexibility index (Phi) is 4.59. The average Bonchev–Trinajstić information content (AvgIpc) is 2.47. The number of hydrogen-bond donors (Lipinski definition) is 3. The molecule has 0 spiro atoms. The SMILES string of the molecule is COc1ccc(NC(=O)[C@@H]2CC(=O)N=C(C(=N)N)S2)cc1. The molecule has 0 radical (unpaired) electrons. The fourth-order valence-corrected chi connectivity index (χ4v) is 2.63. The molecule has 2 rings (SSSR count). The minimum absolute atomic E-state index is 0.0105. The first-order valence-electron chi connectivity index (χ1n) is 6.07. The largest absolute Gasteiger partial charge is 0.497 e. The van der Waals surface area contributed by atoms with Crippen molar-refractivity contribution in [3.8, 4) is 5.75 Å². The highest BCUT2D eigenvalue weighted by molar-refractivity contribution is 8.16. The molecule has 0 fully saturated rings. The van der Waals surface area contributed by atoms with Gasteiger partial charge in [0.05, 0.1) is 18.8 Å². The van der Waals surface area contributed by atoms with Gasteiger partial charge in [-0.15, -0.1) is 0 Å². The van der Waals surface area contributed by atoms with Crippen LogP contribution < -0.4 is 15.8 Å². The molecule has 2 amide bonds. The molecule has 1 aromatic rings. The molecule has 1 aromatic carbocycles. The molecule has 0 aromatic heterocycles. The predicted molar refractivity (Wildman–Crippen MR) is 82.0 cm³/mol. The smallest absolute Gasteiger partial charge is 0.248 e. The number of aliphatic imine (C=N–C) groups is 1. The van der Waals surface area contributed by atoms with Crippen LogP contribution in [0, 0.1) is 5.41 Å². The zero-order chi connectivity index (χ0) is 15.4. The maximum absolute atomic E-state index is 12.2. The van der Waals surface area contributed by atoms with Crippen LogP contribution in [0.4, 0.5) is 5.69 Å². The number of nitrogens with two attached hydrogens (primary N) is 1. The molecule has 4 N–H and O–H groups in total. The summed E-state index contributed by atoms with van der Waals surface area (Å²) in [5.41, 5.74) is 5.91. The van der Waals surface area contributed by atoms with Crippen LogP contribution in [-0.2, 0) is 9.59 Å². The topological polar surface area (TPSA) is 118 Å². The molecule has 1 heterocycles. The van der Waals surface area contributed by atoms with E-state index in [1.165, 1.54) is 0 Å². The van der Waals surface area contributed by atoms with Crippen molar-refractivity contribution in [2.75, 3.05) is 12.4 Å². The van der Waals surface area contributed by atoms with Gasteiger partial charge in [0.2, 0.25) is 11.8 Å². The number of thioether (sulfide) groups is 1. The molecule has 21 heavy (non-hydrogen) atoms. The number of nitrogens with one attached hydrogen (secondary N) is 2. The quantitative estimate of drug-likeness (QED) is 0.566. The Labute approximate surface area is 125 Å². The van der Waals surface area contributed by atoms with Gasteiger partial charge < -0.3 is 15.8 Å². The van der Waals surface area contributed by atoms with Crippen LogP contribution in [0.1, 0.15) is 6.42 Å². The summed E-state index contributed by atoms with van der Waals surface area (Å²) in [6.07, 6.45) is -0.0105. The van der Waals surface area contributed by atoms with Gasteiger partial charge in [0.15, 0.2) is 0 Å². The number of nitrogens with zero attached hydrogens (tertiary/aromatic N) is 1. The van der Waals surface area contributed by atoms with Crippen molar-refractivity contribution in [3.05, 3.63) is 24.3 Å². The first-order chi connectivity index (χ1) is 9.99. The van der Waals surface area contributed by atoms with Gasteiger partial charge in [0.25, 0.3) is 0 Å². The van der Waals surface area contributed by atoms with E-state index in [2.05, 4.69) is 10.3 Å². The van der Waals surface area contributed by atoms with Gasteiger partial charge in [-0.3, -0.25) is 15.0 Å². The van der Waals surface area contributed by atoms with Crippen LogP contribution in [0.25, 0.3) is 0 Å². The lowest BCUT2D eigenvalue weighted by Crippen LogP contribution is -2.34. The van der Waals surface area contributed by atoms with Gasteiger partial charge in [0.1, 0.15) is 16.6 Å². The molecule has 8 heteroatoms. The van der Waals surface area contributed by atoms with Crippen LogP contribution in [0.3, 0.4) is 0 Å². The van der Waals surface area contributed by atoms with Crippen molar-refractivity contribution in [3.63, 3.8) is 0 Å². The fraction of sp³-hybridized carbons (Fsp3) is 0.231. The summed E-state index contributed by atoms with van der Waals surface area (Å²) in [4.78, 5) is 27.3. The summed E-state index contributed by atoms with van der Waals surface area (Å²) in [6, 6.07) is 6.84. The Morgan fingerprint density at radius 3 is 2.71 bits per heavy atom. The summed E-state index contributed by atoms with van der Waals surface area (Å²) in [7, 11) is 1.56. The minimum atomic E-state index is -0.643. The first-order valence-corrected chi connectivity index (χ1v) is 6.95. The van der Waals surface area contributed by atoms with E-state index in [1.807, 2.05) is 0 Å². The van der Waals surface area contributed by atoms with Gasteiger partial charge in [0, 0.05) is 5.69 Å². The van der Waals surface area contributed by atoms with E-state index in [1.54, 1.807) is 31.4 Å². The lowest BCUT2D eigenvalue weighted by molar-refractivity contribution is -0.121. The van der Waals surface area contributed by atoms with Crippen LogP contribution in [-0.4, -0.2) is 35.1 Å². The number of carbonyl (C=O) groups is 2. The lowest BCUT2D eigenvalue weighted by Gasteiger charge is -2.19. The van der Waals surface area contributed by atoms with Gasteiger partial charge >= 0.3 is 0 Å². The van der Waals surface area contributed by atoms with Crippen LogP contribution >= 0.6 is 11.8 Å². The van der Waals surface area contributed by atoms with E-state index < -0.39 is 11.2 Å². The zero-order valence-electron chi connectivity index (χ0n) is 11.3. The number of amides is 2. The molecule has 0 unspecified atom stereocenters. The van der Waals surface area contributed by atoms with Crippen molar-refractivity contribution in [1.82, 2.24) is 0 Å². The van der Waals surface area contributed by atoms with Crippen molar-refractivity contribution >= 4 is 40.1 Å². The number of hydrogen-bond acceptors (Lipinski definition) is 5. The maximum atomic E-state index is 12.2. The van der Waals surface area contributed by atoms with E-state index >= 15 is 0 Å². The molecule has 1 aliphatic rings. The Balaban J connectivity index is 2.04. The first kappa shape index (κ1) is 15.0. The summed E-state index contributed by atoms with van der Waals surface area (Å²) >= 11 is 1.02. The fourth-order valence-electron chi connectivity index (χ4n) is 1.69. The summed E-state index contributed by atoms with van der Waals surface area (Å²) in [6.45, 7) is 0. The maximum Gasteiger partial charge on any atom is 0.248 e. The Morgan fingerprint density at radius 1 is 1.48 bits per heavy atom. The Bertz CT molecular complexity index is 612. The molecule has 7 nitrogen and oxygen atoms in total. The number of methoxy groups -OCH3 is 1. The molecule has 0 bridgehead atoms.